The van der Waals surface area contributed by atoms with Gasteiger partial charge in [-0.2, -0.15) is 0 Å². The van der Waals surface area contributed by atoms with Crippen molar-refractivity contribution in [2.75, 3.05) is 36.2 Å². The van der Waals surface area contributed by atoms with Crippen molar-refractivity contribution in [3.05, 3.63) is 95.3 Å². The van der Waals surface area contributed by atoms with Crippen molar-refractivity contribution in [3.63, 3.8) is 0 Å². The molecule has 14 heteroatoms. The molecule has 298 valence electrons. The van der Waals surface area contributed by atoms with Gasteiger partial charge in [-0.05, 0) is 99.8 Å². The fraction of sp³-hybridized carbons (Fsp3) is 0.476. The van der Waals surface area contributed by atoms with E-state index in [0.717, 1.165) is 23.2 Å². The van der Waals surface area contributed by atoms with E-state index in [1.165, 1.54) is 0 Å². The second-order valence-corrected chi connectivity index (χ2v) is 19.4. The van der Waals surface area contributed by atoms with Gasteiger partial charge in [-0.3, -0.25) is 19.2 Å². The van der Waals surface area contributed by atoms with Crippen LogP contribution in [0.5, 0.6) is 5.75 Å². The zero-order chi connectivity index (χ0) is 39.6. The molecule has 0 aliphatic carbocycles. The Morgan fingerprint density at radius 2 is 1.82 bits per heavy atom. The van der Waals surface area contributed by atoms with Crippen LogP contribution in [0.15, 0.2) is 72.9 Å². The maximum Gasteiger partial charge on any atom is 0.264 e. The first-order valence-corrected chi connectivity index (χ1v) is 22.8. The maximum atomic E-state index is 16.7. The van der Waals surface area contributed by atoms with Crippen LogP contribution in [0.1, 0.15) is 55.5 Å². The van der Waals surface area contributed by atoms with Gasteiger partial charge in [0.1, 0.15) is 5.75 Å². The molecule has 1 spiro atoms. The Balaban J connectivity index is 1.31. The van der Waals surface area contributed by atoms with E-state index in [-0.39, 0.29) is 25.0 Å². The largest absolute Gasteiger partial charge is 0.494 e. The second kappa shape index (κ2) is 16.6. The van der Waals surface area contributed by atoms with Gasteiger partial charge in [-0.1, -0.05) is 42.5 Å². The third kappa shape index (κ3) is 7.52. The highest BCUT2D eigenvalue weighted by Gasteiger charge is 2.66. The van der Waals surface area contributed by atoms with Crippen LogP contribution >= 0.6 is 0 Å². The van der Waals surface area contributed by atoms with Crippen molar-refractivity contribution in [1.82, 2.24) is 20.3 Å². The van der Waals surface area contributed by atoms with Crippen molar-refractivity contribution in [2.45, 2.75) is 95.4 Å². The molecule has 56 heavy (non-hydrogen) atoms. The highest BCUT2D eigenvalue weighted by molar-refractivity contribution is 6.72. The van der Waals surface area contributed by atoms with Gasteiger partial charge in [0.05, 0.1) is 42.4 Å². The lowest BCUT2D eigenvalue weighted by Crippen LogP contribution is -2.49. The number of benzene rings is 3. The molecule has 3 aromatic carbocycles. The van der Waals surface area contributed by atoms with Crippen molar-refractivity contribution in [2.24, 2.45) is 5.92 Å². The number of ether oxygens (including phenoxy) is 2. The van der Waals surface area contributed by atoms with Gasteiger partial charge >= 0.3 is 0 Å². The summed E-state index contributed by atoms with van der Waals surface area (Å²) < 4.78 is 31.3. The van der Waals surface area contributed by atoms with Crippen LogP contribution in [-0.4, -0.2) is 83.9 Å². The van der Waals surface area contributed by atoms with Gasteiger partial charge in [-0.15, -0.1) is 5.10 Å². The van der Waals surface area contributed by atoms with Gasteiger partial charge in [0.15, 0.2) is 5.60 Å². The summed E-state index contributed by atoms with van der Waals surface area (Å²) in [6, 6.07) is 20.7. The van der Waals surface area contributed by atoms with E-state index >= 15 is 8.90 Å². The van der Waals surface area contributed by atoms with E-state index in [9.17, 15) is 15.0 Å². The van der Waals surface area contributed by atoms with Gasteiger partial charge in [0, 0.05) is 55.1 Å². The molecule has 1 fully saturated rings. The molecule has 0 radical (unpaired) electrons. The number of unbranched alkanes of at least 4 members (excludes halogenated alkanes) is 1. The molecule has 1 saturated heterocycles. The lowest BCUT2D eigenvalue weighted by molar-refractivity contribution is -0.146. The summed E-state index contributed by atoms with van der Waals surface area (Å²) in [6.07, 6.45) is 3.79. The maximum absolute atomic E-state index is 16.7. The number of aliphatic hydroxyl groups is 2. The number of hydrogen-bond donors (Lipinski definition) is 3. The fourth-order valence-electron chi connectivity index (χ4n) is 9.02. The number of rotatable bonds is 16. The number of anilines is 3. The van der Waals surface area contributed by atoms with E-state index in [1.807, 2.05) is 80.6 Å². The van der Waals surface area contributed by atoms with E-state index < -0.39 is 37.6 Å². The summed E-state index contributed by atoms with van der Waals surface area (Å²) in [6.45, 7) is 9.06. The molecule has 0 saturated carbocycles. The van der Waals surface area contributed by atoms with Crippen LogP contribution in [0.4, 0.5) is 21.2 Å². The predicted molar refractivity (Wildman–Crippen MR) is 214 cm³/mol. The van der Waals surface area contributed by atoms with Gasteiger partial charge in [0.25, 0.3) is 5.91 Å². The molecule has 4 aromatic rings. The Kier molecular flexibility index (Phi) is 11.8. The lowest BCUT2D eigenvalue weighted by atomic mass is 9.82. The Morgan fingerprint density at radius 3 is 2.55 bits per heavy atom. The summed E-state index contributed by atoms with van der Waals surface area (Å²) in [7, 11) is -3.46. The molecule has 0 bridgehead atoms. The van der Waals surface area contributed by atoms with Crippen LogP contribution in [0, 0.1) is 5.92 Å². The second-order valence-electron chi connectivity index (χ2n) is 15.6. The number of aryl methyl sites for hydroxylation is 1. The highest BCUT2D eigenvalue weighted by Crippen LogP contribution is 2.61. The van der Waals surface area contributed by atoms with Gasteiger partial charge in [-0.25, -0.2) is 0 Å². The van der Waals surface area contributed by atoms with Gasteiger partial charge < -0.3 is 34.0 Å². The van der Waals surface area contributed by atoms with Crippen molar-refractivity contribution < 1.29 is 33.4 Å². The summed E-state index contributed by atoms with van der Waals surface area (Å²) in [4.78, 5) is 33.1. The number of halogens is 1. The van der Waals surface area contributed by atoms with Crippen LogP contribution in [0.2, 0.25) is 18.6 Å². The number of hydrogen-bond acceptors (Lipinski definition) is 9. The zero-order valence-electron chi connectivity index (χ0n) is 32.7. The molecule has 1 aromatic heterocycles. The minimum absolute atomic E-state index is 0.0398. The molecule has 2 amide bonds. The number of carbonyl (C=O) groups excluding carboxylic acids is 2. The smallest absolute Gasteiger partial charge is 0.264 e. The average molecular weight is 785 g/mol. The number of carbonyl (C=O) groups is 2. The first-order valence-electron chi connectivity index (χ1n) is 19.8. The lowest BCUT2D eigenvalue weighted by Gasteiger charge is -2.36. The normalized spacial score (nSPS) is 23.3. The van der Waals surface area contributed by atoms with E-state index in [0.29, 0.717) is 80.3 Å². The number of nitrogens with one attached hydrogen (secondary N) is 1. The average Bonchev–Trinajstić information content (AvgIpc) is 3.82. The Bertz CT molecular complexity index is 2030. The quantitative estimate of drug-likeness (QED) is 0.0755. The van der Waals surface area contributed by atoms with Crippen LogP contribution in [0.3, 0.4) is 0 Å². The number of aliphatic hydroxyl groups excluding tert-OH is 2. The summed E-state index contributed by atoms with van der Waals surface area (Å²) in [5.41, 5.74) is 3.13. The number of nitrogens with zero attached hydrogens (tertiary/aromatic N) is 5. The first kappa shape index (κ1) is 39.8. The Hall–Kier alpha value is -4.47. The SMILES string of the molecule is CCOc1ccc2c(c1)CC(NCCCCO)C(=O)N2c1ccc2c(c1)[C@]1(O[C@@H](CCn3cc(CCO)nn3)[C@H]([Si](C)(C)F)[C@H]1C)C(=O)N2Cc1ccccc1. The van der Waals surface area contributed by atoms with Crippen LogP contribution in [0.25, 0.3) is 0 Å². The molecule has 3 aliphatic heterocycles. The standard InChI is InChI=1S/C42H53FN6O6Si/c1-5-54-33-14-16-36-30(23-33)24-35(44-19-9-10-21-50)40(52)49(36)32-13-15-37-34(25-32)42(41(53)48(37)26-29-11-7-6-8-12-29)28(2)39(56(3,4)43)38(55-42)17-20-47-27-31(18-22-51)45-46-47/h6-8,11-16,23,25,27-28,35,38-39,44,50-51H,5,9-10,17-22,24,26H2,1-4H3/t28-,35?,38+,39-,42+/m1/s1. The van der Waals surface area contributed by atoms with Crippen LogP contribution < -0.4 is 19.9 Å². The monoisotopic (exact) mass is 784 g/mol. The van der Waals surface area contributed by atoms with E-state index in [1.54, 1.807) is 33.8 Å². The molecule has 4 heterocycles. The molecule has 3 N–H and O–H groups in total. The number of fused-ring (bicyclic) bond motifs is 3. The number of aromatic nitrogens is 3. The highest BCUT2D eigenvalue weighted by atomic mass is 28.4. The third-order valence-corrected chi connectivity index (χ3v) is 14.0. The molecule has 5 atom stereocenters. The van der Waals surface area contributed by atoms with Crippen LogP contribution in [-0.2, 0) is 45.9 Å². The Labute approximate surface area is 328 Å². The minimum atomic E-state index is -3.46. The summed E-state index contributed by atoms with van der Waals surface area (Å²) in [5.74, 6) is -0.186. The molecular weight excluding hydrogens is 732 g/mol. The van der Waals surface area contributed by atoms with Crippen molar-refractivity contribution >= 4 is 37.3 Å². The fourth-order valence-corrected chi connectivity index (χ4v) is 11.6. The number of amides is 2. The van der Waals surface area contributed by atoms with E-state index in [2.05, 4.69) is 15.6 Å². The summed E-state index contributed by atoms with van der Waals surface area (Å²) >= 11 is 0. The Morgan fingerprint density at radius 1 is 1.04 bits per heavy atom. The molecule has 7 rings (SSSR count). The zero-order valence-corrected chi connectivity index (χ0v) is 33.7. The van der Waals surface area contributed by atoms with E-state index in [4.69, 9.17) is 9.47 Å². The molecule has 1 unspecified atom stereocenters. The van der Waals surface area contributed by atoms with Gasteiger partial charge in [0.2, 0.25) is 14.3 Å². The minimum Gasteiger partial charge on any atom is -0.494 e. The topological polar surface area (TPSA) is 142 Å². The third-order valence-electron chi connectivity index (χ3n) is 11.5. The van der Waals surface area contributed by atoms with Crippen molar-refractivity contribution in [3.8, 4) is 5.75 Å². The molecule has 12 nitrogen and oxygen atoms in total. The molecule has 3 aliphatic rings. The predicted octanol–water partition coefficient (Wildman–Crippen LogP) is 5.58. The first-order chi connectivity index (χ1) is 27.0. The summed E-state index contributed by atoms with van der Waals surface area (Å²) in [5, 5.41) is 30.5. The molecular formula is C42H53FN6O6Si. The van der Waals surface area contributed by atoms with Crippen molar-refractivity contribution in [1.29, 1.82) is 0 Å².